The molecule has 0 aliphatic carbocycles. The summed E-state index contributed by atoms with van der Waals surface area (Å²) < 4.78 is 2.03. The number of nitrogens with zero attached hydrogens (tertiary/aromatic N) is 2. The van der Waals surface area contributed by atoms with Gasteiger partial charge in [0.15, 0.2) is 5.78 Å². The molecule has 0 fully saturated rings. The van der Waals surface area contributed by atoms with Crippen LogP contribution in [0.25, 0.3) is 0 Å². The van der Waals surface area contributed by atoms with Crippen molar-refractivity contribution < 1.29 is 4.79 Å². The molecule has 96 valence electrons. The number of ketones is 1. The van der Waals surface area contributed by atoms with Crippen LogP contribution in [0.3, 0.4) is 0 Å². The summed E-state index contributed by atoms with van der Waals surface area (Å²) >= 11 is 1.81. The van der Waals surface area contributed by atoms with E-state index in [0.29, 0.717) is 6.42 Å². The van der Waals surface area contributed by atoms with Crippen molar-refractivity contribution in [3.63, 3.8) is 0 Å². The number of thioether (sulfide) groups is 1. The van der Waals surface area contributed by atoms with Gasteiger partial charge in [0.2, 0.25) is 0 Å². The third kappa shape index (κ3) is 3.12. The molecule has 0 saturated heterocycles. The van der Waals surface area contributed by atoms with Crippen molar-refractivity contribution in [1.82, 2.24) is 9.78 Å². The standard InChI is InChI=1S/C13H22N2OS/c1-5-10-13(12(16)7-3)11(6-2)15(14-10)8-9-17-4/h5-9H2,1-4H3. The van der Waals surface area contributed by atoms with Crippen molar-refractivity contribution in [1.29, 1.82) is 0 Å². The fourth-order valence-corrected chi connectivity index (χ4v) is 2.38. The Morgan fingerprint density at radius 2 is 2.00 bits per heavy atom. The maximum absolute atomic E-state index is 12.0. The van der Waals surface area contributed by atoms with Gasteiger partial charge in [-0.05, 0) is 19.1 Å². The Morgan fingerprint density at radius 1 is 1.29 bits per heavy atom. The van der Waals surface area contributed by atoms with E-state index in [-0.39, 0.29) is 5.78 Å². The van der Waals surface area contributed by atoms with Crippen LogP contribution in [0.2, 0.25) is 0 Å². The lowest BCUT2D eigenvalue weighted by molar-refractivity contribution is 0.0986. The fourth-order valence-electron chi connectivity index (χ4n) is 2.02. The second-order valence-corrected chi connectivity index (χ2v) is 4.95. The van der Waals surface area contributed by atoms with Crippen molar-refractivity contribution in [3.8, 4) is 0 Å². The quantitative estimate of drug-likeness (QED) is 0.702. The van der Waals surface area contributed by atoms with Crippen molar-refractivity contribution in [2.45, 2.75) is 46.6 Å². The third-order valence-electron chi connectivity index (χ3n) is 2.91. The smallest absolute Gasteiger partial charge is 0.166 e. The minimum absolute atomic E-state index is 0.231. The van der Waals surface area contributed by atoms with Crippen LogP contribution in [0.4, 0.5) is 0 Å². The Labute approximate surface area is 108 Å². The zero-order valence-corrected chi connectivity index (χ0v) is 12.1. The highest BCUT2D eigenvalue weighted by molar-refractivity contribution is 7.98. The van der Waals surface area contributed by atoms with Crippen LogP contribution in [0.1, 0.15) is 48.9 Å². The zero-order chi connectivity index (χ0) is 12.8. The van der Waals surface area contributed by atoms with Crippen LogP contribution in [-0.4, -0.2) is 27.6 Å². The molecule has 0 radical (unpaired) electrons. The van der Waals surface area contributed by atoms with Gasteiger partial charge in [-0.15, -0.1) is 0 Å². The van der Waals surface area contributed by atoms with Crippen LogP contribution in [0.5, 0.6) is 0 Å². The topological polar surface area (TPSA) is 34.9 Å². The second kappa shape index (κ2) is 6.84. The Balaban J connectivity index is 3.15. The van der Waals surface area contributed by atoms with E-state index in [4.69, 9.17) is 0 Å². The van der Waals surface area contributed by atoms with Gasteiger partial charge in [-0.2, -0.15) is 16.9 Å². The van der Waals surface area contributed by atoms with Gasteiger partial charge in [-0.1, -0.05) is 20.8 Å². The average molecular weight is 254 g/mol. The van der Waals surface area contributed by atoms with Gasteiger partial charge in [0.1, 0.15) is 0 Å². The lowest BCUT2D eigenvalue weighted by atomic mass is 10.0. The van der Waals surface area contributed by atoms with Crippen molar-refractivity contribution >= 4 is 17.5 Å². The van der Waals surface area contributed by atoms with Crippen molar-refractivity contribution in [2.75, 3.05) is 12.0 Å². The minimum Gasteiger partial charge on any atom is -0.294 e. The maximum atomic E-state index is 12.0. The molecular weight excluding hydrogens is 232 g/mol. The highest BCUT2D eigenvalue weighted by Gasteiger charge is 2.19. The Hall–Kier alpha value is -0.770. The molecule has 0 aliphatic heterocycles. The normalized spacial score (nSPS) is 10.8. The van der Waals surface area contributed by atoms with E-state index in [1.54, 1.807) is 11.8 Å². The first-order valence-electron chi connectivity index (χ1n) is 6.30. The molecule has 0 amide bonds. The average Bonchev–Trinajstić information content (AvgIpc) is 2.72. The molecule has 0 atom stereocenters. The summed E-state index contributed by atoms with van der Waals surface area (Å²) in [4.78, 5) is 12.0. The number of hydrogen-bond acceptors (Lipinski definition) is 3. The van der Waals surface area contributed by atoms with Crippen LogP contribution >= 0.6 is 11.8 Å². The summed E-state index contributed by atoms with van der Waals surface area (Å²) in [6, 6.07) is 0. The molecule has 0 N–H and O–H groups in total. The molecule has 1 aromatic heterocycles. The first-order chi connectivity index (χ1) is 8.19. The van der Waals surface area contributed by atoms with E-state index in [0.717, 1.165) is 42.1 Å². The lowest BCUT2D eigenvalue weighted by Gasteiger charge is -2.06. The van der Waals surface area contributed by atoms with E-state index in [1.807, 2.05) is 11.6 Å². The number of aryl methyl sites for hydroxylation is 2. The number of Topliss-reactive ketones (excluding diaryl/α,β-unsaturated/α-hetero) is 1. The molecule has 0 aromatic carbocycles. The van der Waals surface area contributed by atoms with Crippen LogP contribution in [0, 0.1) is 0 Å². The number of hydrogen-bond donors (Lipinski definition) is 0. The first kappa shape index (κ1) is 14.3. The maximum Gasteiger partial charge on any atom is 0.166 e. The van der Waals surface area contributed by atoms with Gasteiger partial charge >= 0.3 is 0 Å². The Morgan fingerprint density at radius 3 is 2.47 bits per heavy atom. The molecule has 17 heavy (non-hydrogen) atoms. The van der Waals surface area contributed by atoms with Crippen LogP contribution in [0.15, 0.2) is 0 Å². The summed E-state index contributed by atoms with van der Waals surface area (Å²) in [6.07, 6.45) is 4.37. The van der Waals surface area contributed by atoms with Gasteiger partial charge in [-0.25, -0.2) is 0 Å². The lowest BCUT2D eigenvalue weighted by Crippen LogP contribution is -2.09. The molecular formula is C13H22N2OS. The fraction of sp³-hybridized carbons (Fsp3) is 0.692. The highest BCUT2D eigenvalue weighted by atomic mass is 32.2. The van der Waals surface area contributed by atoms with Crippen LogP contribution in [-0.2, 0) is 19.4 Å². The van der Waals surface area contributed by atoms with Gasteiger partial charge in [0.25, 0.3) is 0 Å². The number of aromatic nitrogens is 2. The van der Waals surface area contributed by atoms with E-state index in [9.17, 15) is 4.79 Å². The molecule has 3 nitrogen and oxygen atoms in total. The summed E-state index contributed by atoms with van der Waals surface area (Å²) in [5.41, 5.74) is 2.97. The zero-order valence-electron chi connectivity index (χ0n) is 11.2. The summed E-state index contributed by atoms with van der Waals surface area (Å²) in [7, 11) is 0. The van der Waals surface area contributed by atoms with Gasteiger partial charge in [0.05, 0.1) is 17.8 Å². The van der Waals surface area contributed by atoms with Crippen LogP contribution < -0.4 is 0 Å². The highest BCUT2D eigenvalue weighted by Crippen LogP contribution is 2.18. The van der Waals surface area contributed by atoms with Crippen molar-refractivity contribution in [3.05, 3.63) is 17.0 Å². The Kier molecular flexibility index (Phi) is 5.75. The predicted octanol–water partition coefficient (Wildman–Crippen LogP) is 2.96. The van der Waals surface area contributed by atoms with Gasteiger partial charge in [0, 0.05) is 17.9 Å². The summed E-state index contributed by atoms with van der Waals surface area (Å²) in [5.74, 6) is 1.27. The molecule has 0 bridgehead atoms. The monoisotopic (exact) mass is 254 g/mol. The van der Waals surface area contributed by atoms with E-state index in [1.165, 1.54) is 0 Å². The number of rotatable bonds is 7. The molecule has 0 saturated carbocycles. The van der Waals surface area contributed by atoms with Gasteiger partial charge < -0.3 is 0 Å². The third-order valence-corrected chi connectivity index (χ3v) is 3.50. The largest absolute Gasteiger partial charge is 0.294 e. The molecule has 0 spiro atoms. The van der Waals surface area contributed by atoms with E-state index >= 15 is 0 Å². The van der Waals surface area contributed by atoms with E-state index < -0.39 is 0 Å². The van der Waals surface area contributed by atoms with Gasteiger partial charge in [-0.3, -0.25) is 9.48 Å². The predicted molar refractivity (Wildman–Crippen MR) is 74.0 cm³/mol. The minimum atomic E-state index is 0.231. The van der Waals surface area contributed by atoms with E-state index in [2.05, 4.69) is 25.2 Å². The molecule has 1 aromatic rings. The molecule has 0 unspecified atom stereocenters. The molecule has 1 rings (SSSR count). The number of carbonyl (C=O) groups excluding carboxylic acids is 1. The summed E-state index contributed by atoms with van der Waals surface area (Å²) in [5, 5.41) is 4.59. The molecule has 1 heterocycles. The molecule has 4 heteroatoms. The SMILES string of the molecule is CCC(=O)c1c(CC)nn(CCSC)c1CC. The summed E-state index contributed by atoms with van der Waals surface area (Å²) in [6.45, 7) is 6.97. The first-order valence-corrected chi connectivity index (χ1v) is 7.69. The number of carbonyl (C=O) groups is 1. The molecule has 0 aliphatic rings. The second-order valence-electron chi connectivity index (χ2n) is 3.97. The van der Waals surface area contributed by atoms with Crippen molar-refractivity contribution in [2.24, 2.45) is 0 Å². The Bertz CT molecular complexity index is 385.